The summed E-state index contributed by atoms with van der Waals surface area (Å²) in [5, 5.41) is 3.12. The number of benzene rings is 2. The first-order chi connectivity index (χ1) is 14.1. The minimum absolute atomic E-state index is 0.256. The number of rotatable bonds is 5. The molecule has 0 unspecified atom stereocenters. The van der Waals surface area contributed by atoms with Gasteiger partial charge in [0.1, 0.15) is 25.2 Å². The molecule has 2 heterocycles. The van der Waals surface area contributed by atoms with E-state index in [1.54, 1.807) is 12.1 Å². The third-order valence-corrected chi connectivity index (χ3v) is 4.30. The molecule has 5 N–H and O–H groups in total. The van der Waals surface area contributed by atoms with Crippen LogP contribution < -0.4 is 31.4 Å². The second-order valence-corrected chi connectivity index (χ2v) is 6.41. The van der Waals surface area contributed by atoms with E-state index in [4.69, 9.17) is 15.2 Å². The summed E-state index contributed by atoms with van der Waals surface area (Å²) in [5.41, 5.74) is 14.1. The maximum Gasteiger partial charge on any atom is 0.269 e. The van der Waals surface area contributed by atoms with Crippen LogP contribution in [-0.4, -0.2) is 29.1 Å². The fraction of sp³-hybridized carbons (Fsp3) is 0.150. The van der Waals surface area contributed by atoms with Crippen molar-refractivity contribution in [2.45, 2.75) is 6.92 Å². The largest absolute Gasteiger partial charge is 0.486 e. The molecule has 0 fully saturated rings. The van der Waals surface area contributed by atoms with Gasteiger partial charge in [0.25, 0.3) is 5.91 Å². The number of aryl methyl sites for hydroxylation is 1. The van der Waals surface area contributed by atoms with Gasteiger partial charge in [-0.1, -0.05) is 17.7 Å². The van der Waals surface area contributed by atoms with Crippen LogP contribution >= 0.6 is 0 Å². The zero-order valence-corrected chi connectivity index (χ0v) is 15.7. The molecule has 3 aromatic rings. The van der Waals surface area contributed by atoms with Gasteiger partial charge in [0.05, 0.1) is 0 Å². The van der Waals surface area contributed by atoms with Crippen molar-refractivity contribution in [1.29, 1.82) is 0 Å². The number of carbonyl (C=O) groups excluding carboxylic acids is 1. The van der Waals surface area contributed by atoms with Crippen molar-refractivity contribution in [1.82, 2.24) is 15.4 Å². The monoisotopic (exact) mass is 392 g/mol. The van der Waals surface area contributed by atoms with Crippen molar-refractivity contribution >= 4 is 28.9 Å². The topological polar surface area (TPSA) is 123 Å². The van der Waals surface area contributed by atoms with Crippen molar-refractivity contribution in [2.75, 3.05) is 29.7 Å². The Morgan fingerprint density at radius 1 is 1.00 bits per heavy atom. The van der Waals surface area contributed by atoms with Crippen molar-refractivity contribution in [3.63, 3.8) is 0 Å². The lowest BCUT2D eigenvalue weighted by molar-refractivity contribution is 0.0962. The van der Waals surface area contributed by atoms with Gasteiger partial charge >= 0.3 is 0 Å². The number of anilines is 4. The van der Waals surface area contributed by atoms with E-state index >= 15 is 0 Å². The second-order valence-electron chi connectivity index (χ2n) is 6.41. The van der Waals surface area contributed by atoms with E-state index in [0.717, 1.165) is 11.3 Å². The predicted molar refractivity (Wildman–Crippen MR) is 109 cm³/mol. The summed E-state index contributed by atoms with van der Waals surface area (Å²) in [6, 6.07) is 12.7. The normalized spacial score (nSPS) is 12.2. The van der Waals surface area contributed by atoms with Crippen molar-refractivity contribution in [3.8, 4) is 11.5 Å². The molecule has 0 aliphatic carbocycles. The highest BCUT2D eigenvalue weighted by atomic mass is 16.6. The summed E-state index contributed by atoms with van der Waals surface area (Å²) in [7, 11) is 0. The maximum absolute atomic E-state index is 12.3. The first-order valence-electron chi connectivity index (χ1n) is 9.00. The van der Waals surface area contributed by atoms with Crippen LogP contribution in [0.1, 0.15) is 15.9 Å². The van der Waals surface area contributed by atoms with Crippen molar-refractivity contribution in [3.05, 3.63) is 59.9 Å². The molecular formula is C20H20N6O3. The Morgan fingerprint density at radius 3 is 2.52 bits per heavy atom. The molecule has 9 heteroatoms. The highest BCUT2D eigenvalue weighted by Gasteiger charge is 2.14. The van der Waals surface area contributed by atoms with Gasteiger partial charge in [-0.15, -0.1) is 0 Å². The smallest absolute Gasteiger partial charge is 0.269 e. The molecule has 0 bridgehead atoms. The molecule has 1 amide bonds. The summed E-state index contributed by atoms with van der Waals surface area (Å²) in [6.07, 6.45) is 1.34. The number of fused-ring (bicyclic) bond motifs is 1. The molecule has 0 saturated heterocycles. The summed E-state index contributed by atoms with van der Waals surface area (Å²) in [5.74, 6) is 1.71. The molecule has 0 atom stereocenters. The third kappa shape index (κ3) is 4.13. The van der Waals surface area contributed by atoms with Crippen LogP contribution in [0.15, 0.2) is 48.8 Å². The van der Waals surface area contributed by atoms with Gasteiger partial charge < -0.3 is 20.5 Å². The molecule has 1 aromatic heterocycles. The number of hydrogen-bond donors (Lipinski definition) is 4. The van der Waals surface area contributed by atoms with Crippen LogP contribution in [0.5, 0.6) is 11.5 Å². The number of hydrazine groups is 1. The van der Waals surface area contributed by atoms with Crippen LogP contribution in [0.3, 0.4) is 0 Å². The number of hydrogen-bond acceptors (Lipinski definition) is 8. The average Bonchev–Trinajstić information content (AvgIpc) is 2.74. The van der Waals surface area contributed by atoms with E-state index in [2.05, 4.69) is 26.1 Å². The van der Waals surface area contributed by atoms with Crippen LogP contribution in [-0.2, 0) is 0 Å². The number of amides is 1. The molecule has 2 aromatic carbocycles. The van der Waals surface area contributed by atoms with Crippen LogP contribution in [0, 0.1) is 6.92 Å². The standard InChI is InChI=1S/C20H20N6O3/c1-12-2-4-13(5-3-12)20(27)26-25-19-17(21)18(22-11-23-19)24-14-6-7-15-16(10-14)29-9-8-28-15/h2-7,10-11H,8-9,21H2,1H3,(H,26,27)(H2,22,23,24,25). The molecule has 0 saturated carbocycles. The Hall–Kier alpha value is -4.01. The lowest BCUT2D eigenvalue weighted by atomic mass is 10.1. The zero-order valence-electron chi connectivity index (χ0n) is 15.7. The van der Waals surface area contributed by atoms with E-state index in [9.17, 15) is 4.79 Å². The number of ether oxygens (including phenoxy) is 2. The van der Waals surface area contributed by atoms with Crippen molar-refractivity contribution < 1.29 is 14.3 Å². The predicted octanol–water partition coefficient (Wildman–Crippen LogP) is 2.64. The summed E-state index contributed by atoms with van der Waals surface area (Å²) in [6.45, 7) is 2.99. The Morgan fingerprint density at radius 2 is 1.72 bits per heavy atom. The number of aromatic nitrogens is 2. The number of carbonyl (C=O) groups is 1. The van der Waals surface area contributed by atoms with Gasteiger partial charge in [0.2, 0.25) is 0 Å². The van der Waals surface area contributed by atoms with Gasteiger partial charge in [0, 0.05) is 17.3 Å². The van der Waals surface area contributed by atoms with Gasteiger partial charge in [-0.05, 0) is 31.2 Å². The Kier molecular flexibility index (Phi) is 5.02. The molecule has 1 aliphatic heterocycles. The molecular weight excluding hydrogens is 372 g/mol. The van der Waals surface area contributed by atoms with Gasteiger partial charge in [0.15, 0.2) is 23.1 Å². The second kappa shape index (κ2) is 7.93. The summed E-state index contributed by atoms with van der Waals surface area (Å²) in [4.78, 5) is 20.5. The van der Waals surface area contributed by atoms with Crippen LogP contribution in [0.2, 0.25) is 0 Å². The van der Waals surface area contributed by atoms with Gasteiger partial charge in [-0.3, -0.25) is 15.6 Å². The van der Waals surface area contributed by atoms with E-state index in [1.807, 2.05) is 37.3 Å². The molecule has 9 nitrogen and oxygen atoms in total. The highest BCUT2D eigenvalue weighted by molar-refractivity contribution is 5.95. The molecule has 1 aliphatic rings. The Balaban J connectivity index is 1.46. The third-order valence-electron chi connectivity index (χ3n) is 4.30. The molecule has 0 radical (unpaired) electrons. The Bertz CT molecular complexity index is 1040. The lowest BCUT2D eigenvalue weighted by Crippen LogP contribution is -2.30. The SMILES string of the molecule is Cc1ccc(C(=O)NNc2ncnc(Nc3ccc4c(c3)OCCO4)c2N)cc1. The molecule has 29 heavy (non-hydrogen) atoms. The van der Waals surface area contributed by atoms with Crippen LogP contribution in [0.4, 0.5) is 23.0 Å². The van der Waals surface area contributed by atoms with Crippen molar-refractivity contribution in [2.24, 2.45) is 0 Å². The first kappa shape index (κ1) is 18.4. The first-order valence-corrected chi connectivity index (χ1v) is 9.00. The number of nitrogens with zero attached hydrogens (tertiary/aromatic N) is 2. The Labute approximate surface area is 167 Å². The summed E-state index contributed by atoms with van der Waals surface area (Å²) >= 11 is 0. The summed E-state index contributed by atoms with van der Waals surface area (Å²) < 4.78 is 11.1. The quantitative estimate of drug-likeness (QED) is 0.489. The lowest BCUT2D eigenvalue weighted by Gasteiger charge is -2.19. The van der Waals surface area contributed by atoms with E-state index in [0.29, 0.717) is 36.1 Å². The molecule has 4 rings (SSSR count). The number of nitrogen functional groups attached to an aromatic ring is 1. The van der Waals surface area contributed by atoms with Gasteiger partial charge in [-0.25, -0.2) is 9.97 Å². The van der Waals surface area contributed by atoms with E-state index in [-0.39, 0.29) is 17.4 Å². The number of nitrogens with two attached hydrogens (primary N) is 1. The molecule has 148 valence electrons. The van der Waals surface area contributed by atoms with Gasteiger partial charge in [-0.2, -0.15) is 0 Å². The maximum atomic E-state index is 12.3. The van der Waals surface area contributed by atoms with E-state index < -0.39 is 0 Å². The minimum atomic E-state index is -0.302. The fourth-order valence-corrected chi connectivity index (χ4v) is 2.75. The van der Waals surface area contributed by atoms with Crippen LogP contribution in [0.25, 0.3) is 0 Å². The fourth-order valence-electron chi connectivity index (χ4n) is 2.75. The zero-order chi connectivity index (χ0) is 20.2. The van der Waals surface area contributed by atoms with E-state index in [1.165, 1.54) is 6.33 Å². The average molecular weight is 392 g/mol. The number of nitrogens with one attached hydrogen (secondary N) is 3. The molecule has 0 spiro atoms. The minimum Gasteiger partial charge on any atom is -0.486 e. The highest BCUT2D eigenvalue weighted by Crippen LogP contribution is 2.34.